The van der Waals surface area contributed by atoms with Gasteiger partial charge < -0.3 is 14.5 Å². The summed E-state index contributed by atoms with van der Waals surface area (Å²) in [5, 5.41) is 11.7. The minimum atomic E-state index is -3.54. The van der Waals surface area contributed by atoms with Crippen molar-refractivity contribution in [2.24, 2.45) is 0 Å². The van der Waals surface area contributed by atoms with Gasteiger partial charge in [0.25, 0.3) is 21.8 Å². The Labute approximate surface area is 182 Å². The smallest absolute Gasteiger partial charge is 0.293 e. The molecule has 2 fully saturated rings. The Morgan fingerprint density at radius 2 is 1.71 bits per heavy atom. The monoisotopic (exact) mass is 455 g/mol. The fraction of sp³-hybridized carbons (Fsp3) is 0.632. The summed E-state index contributed by atoms with van der Waals surface area (Å²) in [6.45, 7) is 7.33. The first-order valence-corrected chi connectivity index (χ1v) is 11.8. The number of morpholine rings is 1. The molecule has 1 amide bonds. The number of nitrogens with zero attached hydrogens (tertiary/aromatic N) is 5. The Balaban J connectivity index is 1.76. The Bertz CT molecular complexity index is 906. The summed E-state index contributed by atoms with van der Waals surface area (Å²) in [7, 11) is -3.54. The Kier molecular flexibility index (Phi) is 7.46. The Morgan fingerprint density at radius 1 is 1.10 bits per heavy atom. The second kappa shape index (κ2) is 9.90. The molecule has 0 spiro atoms. The van der Waals surface area contributed by atoms with Gasteiger partial charge in [0.15, 0.2) is 0 Å². The van der Waals surface area contributed by atoms with Crippen molar-refractivity contribution in [2.75, 3.05) is 70.5 Å². The maximum absolute atomic E-state index is 12.7. The standard InChI is InChI=1S/C19H29N5O6S/c1-3-22(4-2)31(28,29)23-9-7-20(8-10-23)17-6-5-16(15-18(17)24(26)27)19(25)21-11-13-30-14-12-21/h5-6,15H,3-4,7-14H2,1-2H3. The van der Waals surface area contributed by atoms with Crippen molar-refractivity contribution < 1.29 is 22.9 Å². The lowest BCUT2D eigenvalue weighted by Crippen LogP contribution is -2.53. The van der Waals surface area contributed by atoms with Crippen LogP contribution in [0.2, 0.25) is 0 Å². The van der Waals surface area contributed by atoms with Gasteiger partial charge in [0.1, 0.15) is 5.69 Å². The number of piperazine rings is 1. The molecular formula is C19H29N5O6S. The number of nitro benzene ring substituents is 1. The van der Waals surface area contributed by atoms with Gasteiger partial charge in [0.05, 0.1) is 18.1 Å². The largest absolute Gasteiger partial charge is 0.378 e. The van der Waals surface area contributed by atoms with Gasteiger partial charge in [-0.3, -0.25) is 14.9 Å². The molecular weight excluding hydrogens is 426 g/mol. The van der Waals surface area contributed by atoms with Gasteiger partial charge in [-0.05, 0) is 12.1 Å². The van der Waals surface area contributed by atoms with Crippen LogP contribution in [0.1, 0.15) is 24.2 Å². The molecule has 0 aliphatic carbocycles. The number of nitro groups is 1. The Morgan fingerprint density at radius 3 is 2.26 bits per heavy atom. The second-order valence-electron chi connectivity index (χ2n) is 7.34. The third-order valence-corrected chi connectivity index (χ3v) is 7.84. The molecule has 172 valence electrons. The third kappa shape index (κ3) is 4.97. The highest BCUT2D eigenvalue weighted by atomic mass is 32.2. The Hall–Kier alpha value is -2.28. The molecule has 2 aliphatic heterocycles. The molecule has 0 atom stereocenters. The highest BCUT2D eigenvalue weighted by Crippen LogP contribution is 2.31. The van der Waals surface area contributed by atoms with E-state index in [0.29, 0.717) is 58.2 Å². The lowest BCUT2D eigenvalue weighted by atomic mass is 10.1. The molecule has 3 rings (SSSR count). The molecule has 0 saturated carbocycles. The van der Waals surface area contributed by atoms with Gasteiger partial charge in [0.2, 0.25) is 0 Å². The molecule has 0 unspecified atom stereocenters. The first-order chi connectivity index (χ1) is 14.8. The zero-order valence-corrected chi connectivity index (χ0v) is 18.7. The molecule has 0 N–H and O–H groups in total. The predicted molar refractivity (Wildman–Crippen MR) is 115 cm³/mol. The number of rotatable bonds is 7. The van der Waals surface area contributed by atoms with Crippen LogP contribution in [0, 0.1) is 10.1 Å². The molecule has 31 heavy (non-hydrogen) atoms. The molecule has 2 aliphatic rings. The molecule has 0 aromatic heterocycles. The van der Waals surface area contributed by atoms with Gasteiger partial charge in [-0.15, -0.1) is 0 Å². The number of hydrogen-bond acceptors (Lipinski definition) is 7. The SMILES string of the molecule is CCN(CC)S(=O)(=O)N1CCN(c2ccc(C(=O)N3CCOCC3)cc2[N+](=O)[O-])CC1. The zero-order chi connectivity index (χ0) is 22.6. The number of carbonyl (C=O) groups is 1. The zero-order valence-electron chi connectivity index (χ0n) is 17.9. The quantitative estimate of drug-likeness (QED) is 0.440. The van der Waals surface area contributed by atoms with Crippen LogP contribution in [-0.2, 0) is 14.9 Å². The molecule has 12 heteroatoms. The number of carbonyl (C=O) groups excluding carboxylic acids is 1. The van der Waals surface area contributed by atoms with Crippen LogP contribution in [0.5, 0.6) is 0 Å². The number of ether oxygens (including phenoxy) is 1. The molecule has 11 nitrogen and oxygen atoms in total. The number of benzene rings is 1. The van der Waals surface area contributed by atoms with Crippen LogP contribution >= 0.6 is 0 Å². The van der Waals surface area contributed by atoms with Crippen molar-refractivity contribution in [1.82, 2.24) is 13.5 Å². The minimum Gasteiger partial charge on any atom is -0.378 e. The van der Waals surface area contributed by atoms with E-state index in [-0.39, 0.29) is 30.2 Å². The van der Waals surface area contributed by atoms with Crippen LogP contribution < -0.4 is 4.90 Å². The van der Waals surface area contributed by atoms with Crippen LogP contribution in [-0.4, -0.2) is 98.3 Å². The van der Waals surface area contributed by atoms with Crippen molar-refractivity contribution in [3.05, 3.63) is 33.9 Å². The lowest BCUT2D eigenvalue weighted by Gasteiger charge is -2.37. The van der Waals surface area contributed by atoms with Crippen molar-refractivity contribution >= 4 is 27.5 Å². The fourth-order valence-electron chi connectivity index (χ4n) is 3.89. The van der Waals surface area contributed by atoms with Crippen LogP contribution in [0.4, 0.5) is 11.4 Å². The van der Waals surface area contributed by atoms with Crippen LogP contribution in [0.3, 0.4) is 0 Å². The molecule has 1 aromatic rings. The molecule has 0 radical (unpaired) electrons. The number of amides is 1. The summed E-state index contributed by atoms with van der Waals surface area (Å²) in [6.07, 6.45) is 0. The third-order valence-electron chi connectivity index (χ3n) is 5.65. The van der Waals surface area contributed by atoms with E-state index in [4.69, 9.17) is 4.74 Å². The van der Waals surface area contributed by atoms with E-state index in [9.17, 15) is 23.3 Å². The van der Waals surface area contributed by atoms with E-state index in [1.807, 2.05) is 0 Å². The predicted octanol–water partition coefficient (Wildman–Crippen LogP) is 0.776. The van der Waals surface area contributed by atoms with Crippen molar-refractivity contribution in [3.63, 3.8) is 0 Å². The van der Waals surface area contributed by atoms with Crippen LogP contribution in [0.25, 0.3) is 0 Å². The molecule has 2 heterocycles. The summed E-state index contributed by atoms with van der Waals surface area (Å²) in [5.74, 6) is -0.256. The van der Waals surface area contributed by atoms with E-state index in [1.165, 1.54) is 14.7 Å². The van der Waals surface area contributed by atoms with Crippen LogP contribution in [0.15, 0.2) is 18.2 Å². The number of anilines is 1. The van der Waals surface area contributed by atoms with Crippen molar-refractivity contribution in [2.45, 2.75) is 13.8 Å². The van der Waals surface area contributed by atoms with Gasteiger partial charge in [0, 0.05) is 64.0 Å². The van der Waals surface area contributed by atoms with E-state index in [2.05, 4.69) is 0 Å². The first kappa shape index (κ1) is 23.4. The van der Waals surface area contributed by atoms with Crippen molar-refractivity contribution in [1.29, 1.82) is 0 Å². The summed E-state index contributed by atoms with van der Waals surface area (Å²) >= 11 is 0. The minimum absolute atomic E-state index is 0.154. The summed E-state index contributed by atoms with van der Waals surface area (Å²) in [6, 6.07) is 4.49. The second-order valence-corrected chi connectivity index (χ2v) is 9.27. The van der Waals surface area contributed by atoms with Gasteiger partial charge in [-0.1, -0.05) is 13.8 Å². The molecule has 2 saturated heterocycles. The van der Waals surface area contributed by atoms with E-state index in [0.717, 1.165) is 0 Å². The van der Waals surface area contributed by atoms with Gasteiger partial charge in [-0.2, -0.15) is 17.0 Å². The van der Waals surface area contributed by atoms with E-state index >= 15 is 0 Å². The highest BCUT2D eigenvalue weighted by Gasteiger charge is 2.33. The summed E-state index contributed by atoms with van der Waals surface area (Å²) in [4.78, 5) is 27.3. The molecule has 1 aromatic carbocycles. The number of hydrogen-bond donors (Lipinski definition) is 0. The first-order valence-electron chi connectivity index (χ1n) is 10.4. The highest BCUT2D eigenvalue weighted by molar-refractivity contribution is 7.86. The summed E-state index contributed by atoms with van der Waals surface area (Å²) < 4.78 is 33.5. The maximum Gasteiger partial charge on any atom is 0.293 e. The average Bonchev–Trinajstić information content (AvgIpc) is 2.79. The topological polar surface area (TPSA) is 117 Å². The average molecular weight is 456 g/mol. The maximum atomic E-state index is 12.7. The van der Waals surface area contributed by atoms with E-state index in [1.54, 1.807) is 35.8 Å². The lowest BCUT2D eigenvalue weighted by molar-refractivity contribution is -0.384. The van der Waals surface area contributed by atoms with E-state index < -0.39 is 15.1 Å². The van der Waals surface area contributed by atoms with Gasteiger partial charge in [-0.25, -0.2) is 0 Å². The van der Waals surface area contributed by atoms with Gasteiger partial charge >= 0.3 is 0 Å². The fourth-order valence-corrected chi connectivity index (χ4v) is 5.50. The normalized spacial score (nSPS) is 18.4. The summed E-state index contributed by atoms with van der Waals surface area (Å²) in [5.41, 5.74) is 0.502. The molecule has 0 bridgehead atoms. The van der Waals surface area contributed by atoms with Crippen molar-refractivity contribution in [3.8, 4) is 0 Å².